The van der Waals surface area contributed by atoms with Crippen LogP contribution < -0.4 is 10.6 Å². The molecule has 0 saturated heterocycles. The van der Waals surface area contributed by atoms with Gasteiger partial charge < -0.3 is 10.6 Å². The van der Waals surface area contributed by atoms with Crippen molar-refractivity contribution in [2.24, 2.45) is 0 Å². The SMILES string of the molecule is CCCCNC(=O)NC(C)(C)c1ccccc1. The molecule has 3 heteroatoms. The maximum absolute atomic E-state index is 11.7. The predicted octanol–water partition coefficient (Wildman–Crippen LogP) is 3.02. The first-order valence-electron chi connectivity index (χ1n) is 6.18. The van der Waals surface area contributed by atoms with Gasteiger partial charge in [0.25, 0.3) is 0 Å². The fourth-order valence-electron chi connectivity index (χ4n) is 1.63. The first kappa shape index (κ1) is 13.6. The third-order valence-electron chi connectivity index (χ3n) is 2.74. The zero-order valence-corrected chi connectivity index (χ0v) is 10.9. The molecule has 17 heavy (non-hydrogen) atoms. The van der Waals surface area contributed by atoms with Gasteiger partial charge >= 0.3 is 6.03 Å². The van der Waals surface area contributed by atoms with E-state index in [-0.39, 0.29) is 11.6 Å². The molecule has 2 N–H and O–H groups in total. The summed E-state index contributed by atoms with van der Waals surface area (Å²) in [6.45, 7) is 6.84. The van der Waals surface area contributed by atoms with Gasteiger partial charge in [-0.3, -0.25) is 0 Å². The Balaban J connectivity index is 2.52. The Labute approximate surface area is 104 Å². The van der Waals surface area contributed by atoms with Crippen LogP contribution in [0, 0.1) is 0 Å². The number of benzene rings is 1. The molecule has 0 aliphatic carbocycles. The van der Waals surface area contributed by atoms with Crippen molar-refractivity contribution in [1.82, 2.24) is 10.6 Å². The normalized spacial score (nSPS) is 11.0. The summed E-state index contributed by atoms with van der Waals surface area (Å²) in [6.07, 6.45) is 2.10. The van der Waals surface area contributed by atoms with Gasteiger partial charge in [-0.25, -0.2) is 4.79 Å². The Kier molecular flexibility index (Phi) is 5.01. The minimum absolute atomic E-state index is 0.104. The molecule has 0 bridgehead atoms. The van der Waals surface area contributed by atoms with Crippen LogP contribution in [0.25, 0.3) is 0 Å². The molecular formula is C14H22N2O. The summed E-state index contributed by atoms with van der Waals surface area (Å²) in [5.74, 6) is 0. The van der Waals surface area contributed by atoms with Gasteiger partial charge in [0.1, 0.15) is 0 Å². The third kappa shape index (κ3) is 4.47. The van der Waals surface area contributed by atoms with Crippen molar-refractivity contribution >= 4 is 6.03 Å². The number of unbranched alkanes of at least 4 members (excludes halogenated alkanes) is 1. The molecule has 2 amide bonds. The van der Waals surface area contributed by atoms with Crippen molar-refractivity contribution in [3.63, 3.8) is 0 Å². The highest BCUT2D eigenvalue weighted by atomic mass is 16.2. The number of hydrogen-bond acceptors (Lipinski definition) is 1. The van der Waals surface area contributed by atoms with Crippen molar-refractivity contribution < 1.29 is 4.79 Å². The van der Waals surface area contributed by atoms with Crippen LogP contribution in [0.1, 0.15) is 39.2 Å². The number of carbonyl (C=O) groups excluding carboxylic acids is 1. The van der Waals surface area contributed by atoms with E-state index in [0.29, 0.717) is 0 Å². The van der Waals surface area contributed by atoms with Gasteiger partial charge in [-0.2, -0.15) is 0 Å². The van der Waals surface area contributed by atoms with Crippen LogP contribution in [0.3, 0.4) is 0 Å². The van der Waals surface area contributed by atoms with Crippen LogP contribution in [0.15, 0.2) is 30.3 Å². The second kappa shape index (κ2) is 6.28. The molecule has 1 aromatic rings. The Hall–Kier alpha value is -1.51. The molecule has 0 saturated carbocycles. The zero-order valence-electron chi connectivity index (χ0n) is 10.9. The second-order valence-corrected chi connectivity index (χ2v) is 4.73. The van der Waals surface area contributed by atoms with Crippen LogP contribution >= 0.6 is 0 Å². The summed E-state index contributed by atoms with van der Waals surface area (Å²) in [4.78, 5) is 11.7. The molecule has 0 heterocycles. The minimum Gasteiger partial charge on any atom is -0.338 e. The fourth-order valence-corrected chi connectivity index (χ4v) is 1.63. The number of nitrogens with one attached hydrogen (secondary N) is 2. The number of urea groups is 1. The van der Waals surface area contributed by atoms with Crippen LogP contribution in [0.4, 0.5) is 4.79 Å². The van der Waals surface area contributed by atoms with Gasteiger partial charge in [-0.1, -0.05) is 43.7 Å². The van der Waals surface area contributed by atoms with E-state index in [1.807, 2.05) is 44.2 Å². The lowest BCUT2D eigenvalue weighted by atomic mass is 9.95. The Bertz CT molecular complexity index is 346. The van der Waals surface area contributed by atoms with Gasteiger partial charge in [-0.15, -0.1) is 0 Å². The molecule has 0 unspecified atom stereocenters. The highest BCUT2D eigenvalue weighted by molar-refractivity contribution is 5.74. The smallest absolute Gasteiger partial charge is 0.315 e. The van der Waals surface area contributed by atoms with Crippen LogP contribution in [0.5, 0.6) is 0 Å². The summed E-state index contributed by atoms with van der Waals surface area (Å²) in [5, 5.41) is 5.84. The lowest BCUT2D eigenvalue weighted by Crippen LogP contribution is -2.46. The fraction of sp³-hybridized carbons (Fsp3) is 0.500. The molecule has 1 rings (SSSR count). The van der Waals surface area contributed by atoms with Gasteiger partial charge in [0.15, 0.2) is 0 Å². The molecule has 1 aromatic carbocycles. The number of hydrogen-bond donors (Lipinski definition) is 2. The largest absolute Gasteiger partial charge is 0.338 e. The summed E-state index contributed by atoms with van der Waals surface area (Å²) in [6, 6.07) is 9.87. The average Bonchev–Trinajstić information content (AvgIpc) is 2.30. The first-order chi connectivity index (χ1) is 8.06. The second-order valence-electron chi connectivity index (χ2n) is 4.73. The summed E-state index contributed by atoms with van der Waals surface area (Å²) < 4.78 is 0. The molecule has 0 aliphatic heterocycles. The summed E-state index contributed by atoms with van der Waals surface area (Å²) >= 11 is 0. The highest BCUT2D eigenvalue weighted by Gasteiger charge is 2.21. The van der Waals surface area contributed by atoms with Gasteiger partial charge in [0.05, 0.1) is 5.54 Å². The van der Waals surface area contributed by atoms with E-state index >= 15 is 0 Å². The van der Waals surface area contributed by atoms with Crippen LogP contribution in [0.2, 0.25) is 0 Å². The third-order valence-corrected chi connectivity index (χ3v) is 2.74. The van der Waals surface area contributed by atoms with E-state index in [4.69, 9.17) is 0 Å². The highest BCUT2D eigenvalue weighted by Crippen LogP contribution is 2.18. The van der Waals surface area contributed by atoms with Crippen molar-refractivity contribution in [3.8, 4) is 0 Å². The van der Waals surface area contributed by atoms with Gasteiger partial charge in [0.2, 0.25) is 0 Å². The van der Waals surface area contributed by atoms with E-state index in [9.17, 15) is 4.79 Å². The van der Waals surface area contributed by atoms with E-state index < -0.39 is 0 Å². The Morgan fingerprint density at radius 3 is 2.47 bits per heavy atom. The van der Waals surface area contributed by atoms with Crippen molar-refractivity contribution in [2.45, 2.75) is 39.2 Å². The lowest BCUT2D eigenvalue weighted by molar-refractivity contribution is 0.230. The van der Waals surface area contributed by atoms with Crippen molar-refractivity contribution in [1.29, 1.82) is 0 Å². The van der Waals surface area contributed by atoms with E-state index in [1.54, 1.807) is 0 Å². The molecule has 3 nitrogen and oxygen atoms in total. The summed E-state index contributed by atoms with van der Waals surface area (Å²) in [5.41, 5.74) is 0.753. The van der Waals surface area contributed by atoms with Crippen molar-refractivity contribution in [3.05, 3.63) is 35.9 Å². The Morgan fingerprint density at radius 1 is 1.24 bits per heavy atom. The van der Waals surface area contributed by atoms with Gasteiger partial charge in [-0.05, 0) is 25.8 Å². The Morgan fingerprint density at radius 2 is 1.88 bits per heavy atom. The van der Waals surface area contributed by atoms with E-state index in [0.717, 1.165) is 24.9 Å². The molecule has 0 spiro atoms. The maximum Gasteiger partial charge on any atom is 0.315 e. The standard InChI is InChI=1S/C14H22N2O/c1-4-5-11-15-13(17)16-14(2,3)12-9-7-6-8-10-12/h6-10H,4-5,11H2,1-3H3,(H2,15,16,17). The lowest BCUT2D eigenvalue weighted by Gasteiger charge is -2.27. The molecule has 0 aromatic heterocycles. The van der Waals surface area contributed by atoms with Gasteiger partial charge in [0, 0.05) is 6.54 Å². The predicted molar refractivity (Wildman–Crippen MR) is 70.9 cm³/mol. The van der Waals surface area contributed by atoms with Crippen molar-refractivity contribution in [2.75, 3.05) is 6.54 Å². The molecule has 0 aliphatic rings. The zero-order chi connectivity index (χ0) is 12.7. The van der Waals surface area contributed by atoms with Crippen LogP contribution in [-0.4, -0.2) is 12.6 Å². The monoisotopic (exact) mass is 234 g/mol. The van der Waals surface area contributed by atoms with Crippen LogP contribution in [-0.2, 0) is 5.54 Å². The van der Waals surface area contributed by atoms with E-state index in [1.165, 1.54) is 0 Å². The quantitative estimate of drug-likeness (QED) is 0.755. The topological polar surface area (TPSA) is 41.1 Å². The first-order valence-corrected chi connectivity index (χ1v) is 6.18. The number of amides is 2. The molecule has 0 atom stereocenters. The van der Waals surface area contributed by atoms with E-state index in [2.05, 4.69) is 17.6 Å². The minimum atomic E-state index is -0.350. The average molecular weight is 234 g/mol. The maximum atomic E-state index is 11.7. The molecular weight excluding hydrogens is 212 g/mol. The number of rotatable bonds is 5. The molecule has 94 valence electrons. The summed E-state index contributed by atoms with van der Waals surface area (Å²) in [7, 11) is 0. The number of carbonyl (C=O) groups is 1. The molecule has 0 radical (unpaired) electrons. The molecule has 0 fully saturated rings.